The second-order valence-corrected chi connectivity index (χ2v) is 4.76. The summed E-state index contributed by atoms with van der Waals surface area (Å²) < 4.78 is 25.9. The maximum atomic E-state index is 13.2. The summed E-state index contributed by atoms with van der Waals surface area (Å²) in [5, 5.41) is 11.3. The van der Waals surface area contributed by atoms with Crippen molar-refractivity contribution < 1.29 is 18.4 Å². The number of nitrogens with zero attached hydrogens (tertiary/aromatic N) is 2. The van der Waals surface area contributed by atoms with E-state index in [1.165, 1.54) is 24.3 Å². The fourth-order valence-electron chi connectivity index (χ4n) is 2.16. The summed E-state index contributed by atoms with van der Waals surface area (Å²) in [6, 6.07) is 6.10. The molecule has 1 heterocycles. The Bertz CT molecular complexity index is 583. The normalized spacial score (nSPS) is 20.9. The number of nitriles is 1. The number of benzene rings is 1. The molecule has 2 rings (SSSR count). The van der Waals surface area contributed by atoms with Gasteiger partial charge in [-0.2, -0.15) is 5.26 Å². The smallest absolute Gasteiger partial charge is 0.233 e. The number of nitrogens with one attached hydrogen (secondary N) is 1. The largest absolute Gasteiger partial charge is 0.326 e. The Balaban J connectivity index is 1.92. The molecule has 1 aliphatic heterocycles. The van der Waals surface area contributed by atoms with E-state index in [0.717, 1.165) is 4.90 Å². The highest BCUT2D eigenvalue weighted by atomic mass is 19.1. The molecule has 1 fully saturated rings. The third-order valence-corrected chi connectivity index (χ3v) is 3.16. The van der Waals surface area contributed by atoms with Crippen molar-refractivity contribution >= 4 is 17.5 Å². The molecule has 2 amide bonds. The van der Waals surface area contributed by atoms with E-state index in [9.17, 15) is 18.4 Å². The Kier molecular flexibility index (Phi) is 4.48. The van der Waals surface area contributed by atoms with Crippen LogP contribution in [0.15, 0.2) is 24.3 Å². The van der Waals surface area contributed by atoms with Crippen LogP contribution in [0, 0.1) is 17.1 Å². The van der Waals surface area contributed by atoms with Crippen molar-refractivity contribution in [2.75, 3.05) is 11.9 Å². The molecule has 1 N–H and O–H groups in total. The maximum absolute atomic E-state index is 13.2. The van der Waals surface area contributed by atoms with Crippen LogP contribution in [-0.4, -0.2) is 35.5 Å². The number of carbonyl (C=O) groups excluding carboxylic acids is 2. The predicted molar refractivity (Wildman–Crippen MR) is 70.3 cm³/mol. The average molecular weight is 293 g/mol. The molecule has 5 nitrogen and oxygen atoms in total. The number of amides is 2. The van der Waals surface area contributed by atoms with Crippen LogP contribution in [0.4, 0.5) is 14.5 Å². The van der Waals surface area contributed by atoms with Gasteiger partial charge in [0, 0.05) is 12.1 Å². The minimum atomic E-state index is -1.24. The zero-order valence-corrected chi connectivity index (χ0v) is 11.1. The van der Waals surface area contributed by atoms with Gasteiger partial charge in [-0.25, -0.2) is 8.78 Å². The second-order valence-electron chi connectivity index (χ2n) is 4.76. The summed E-state index contributed by atoms with van der Waals surface area (Å²) in [6.07, 6.45) is -1.75. The van der Waals surface area contributed by atoms with E-state index in [1.54, 1.807) is 0 Å². The number of hydrogen-bond acceptors (Lipinski definition) is 3. The molecule has 1 saturated heterocycles. The minimum Gasteiger partial charge on any atom is -0.326 e. The van der Waals surface area contributed by atoms with Crippen molar-refractivity contribution in [1.82, 2.24) is 4.90 Å². The molecule has 0 spiro atoms. The first-order chi connectivity index (χ1) is 9.99. The third kappa shape index (κ3) is 3.75. The van der Waals surface area contributed by atoms with Crippen molar-refractivity contribution in [2.45, 2.75) is 25.1 Å². The highest BCUT2D eigenvalue weighted by Gasteiger charge is 2.35. The molecular formula is C14H13F2N3O2. The fourth-order valence-corrected chi connectivity index (χ4v) is 2.16. The predicted octanol–water partition coefficient (Wildman–Crippen LogP) is 1.62. The third-order valence-electron chi connectivity index (χ3n) is 3.16. The molecule has 0 unspecified atom stereocenters. The summed E-state index contributed by atoms with van der Waals surface area (Å²) in [5.41, 5.74) is 0.357. The number of alkyl halides is 1. The second kappa shape index (κ2) is 6.31. The number of rotatable bonds is 3. The average Bonchev–Trinajstić information content (AvgIpc) is 2.82. The summed E-state index contributed by atoms with van der Waals surface area (Å²) in [4.78, 5) is 24.7. The van der Waals surface area contributed by atoms with Crippen LogP contribution in [0.1, 0.15) is 12.8 Å². The monoisotopic (exact) mass is 293 g/mol. The minimum absolute atomic E-state index is 0.0260. The molecule has 1 aromatic rings. The number of likely N-dealkylation sites (tertiary alicyclic amines) is 1. The van der Waals surface area contributed by atoms with Crippen LogP contribution in [0.2, 0.25) is 0 Å². The Morgan fingerprint density at radius 3 is 2.67 bits per heavy atom. The van der Waals surface area contributed by atoms with Crippen LogP contribution in [0.3, 0.4) is 0 Å². The van der Waals surface area contributed by atoms with E-state index in [-0.39, 0.29) is 13.0 Å². The van der Waals surface area contributed by atoms with Crippen LogP contribution >= 0.6 is 0 Å². The lowest BCUT2D eigenvalue weighted by Crippen LogP contribution is -2.37. The van der Waals surface area contributed by atoms with Gasteiger partial charge in [0.05, 0.1) is 12.6 Å². The Labute approximate surface area is 120 Å². The first-order valence-electron chi connectivity index (χ1n) is 6.38. The lowest BCUT2D eigenvalue weighted by atomic mass is 10.2. The summed E-state index contributed by atoms with van der Waals surface area (Å²) in [7, 11) is 0. The quantitative estimate of drug-likeness (QED) is 0.861. The maximum Gasteiger partial charge on any atom is 0.233 e. The lowest BCUT2D eigenvalue weighted by Gasteiger charge is -2.18. The molecule has 2 atom stereocenters. The zero-order valence-electron chi connectivity index (χ0n) is 11.1. The molecule has 110 valence electrons. The molecule has 1 aliphatic rings. The van der Waals surface area contributed by atoms with Crippen molar-refractivity contribution in [3.05, 3.63) is 30.1 Å². The Morgan fingerprint density at radius 2 is 2.05 bits per heavy atom. The van der Waals surface area contributed by atoms with Gasteiger partial charge in [-0.1, -0.05) is 0 Å². The SMILES string of the molecule is N#C[C@@H]1C[C@H](F)CN1C(=O)CC(=O)Nc1ccc(F)cc1. The van der Waals surface area contributed by atoms with Gasteiger partial charge in [0.1, 0.15) is 24.5 Å². The van der Waals surface area contributed by atoms with E-state index in [2.05, 4.69) is 5.32 Å². The van der Waals surface area contributed by atoms with E-state index in [0.29, 0.717) is 5.69 Å². The summed E-state index contributed by atoms with van der Waals surface area (Å²) in [5.74, 6) is -1.63. The number of hydrogen-bond donors (Lipinski definition) is 1. The number of anilines is 1. The number of halogens is 2. The molecule has 0 radical (unpaired) electrons. The van der Waals surface area contributed by atoms with E-state index in [1.807, 2.05) is 6.07 Å². The van der Waals surface area contributed by atoms with Gasteiger partial charge in [0.15, 0.2) is 0 Å². The molecule has 7 heteroatoms. The Hall–Kier alpha value is -2.49. The highest BCUT2D eigenvalue weighted by molar-refractivity contribution is 6.03. The van der Waals surface area contributed by atoms with Crippen molar-refractivity contribution in [2.24, 2.45) is 0 Å². The van der Waals surface area contributed by atoms with E-state index >= 15 is 0 Å². The standard InChI is InChI=1S/C14H13F2N3O2/c15-9-1-3-11(4-2-9)18-13(20)6-14(21)19-8-10(16)5-12(19)7-17/h1-4,10,12H,5-6,8H2,(H,18,20)/t10-,12-/m0/s1. The van der Waals surface area contributed by atoms with Gasteiger partial charge in [0.25, 0.3) is 0 Å². The molecule has 0 bridgehead atoms. The van der Waals surface area contributed by atoms with Gasteiger partial charge < -0.3 is 10.2 Å². The van der Waals surface area contributed by atoms with Crippen LogP contribution in [0.25, 0.3) is 0 Å². The lowest BCUT2D eigenvalue weighted by molar-refractivity contribution is -0.134. The van der Waals surface area contributed by atoms with Crippen LogP contribution in [-0.2, 0) is 9.59 Å². The summed E-state index contributed by atoms with van der Waals surface area (Å²) >= 11 is 0. The van der Waals surface area contributed by atoms with Gasteiger partial charge in [-0.05, 0) is 24.3 Å². The Morgan fingerprint density at radius 1 is 1.38 bits per heavy atom. The molecule has 0 aromatic heterocycles. The molecule has 21 heavy (non-hydrogen) atoms. The first-order valence-corrected chi connectivity index (χ1v) is 6.38. The van der Waals surface area contributed by atoms with Crippen LogP contribution in [0.5, 0.6) is 0 Å². The van der Waals surface area contributed by atoms with Crippen molar-refractivity contribution in [3.63, 3.8) is 0 Å². The molecule has 0 saturated carbocycles. The van der Waals surface area contributed by atoms with Crippen LogP contribution < -0.4 is 5.32 Å². The zero-order chi connectivity index (χ0) is 15.4. The van der Waals surface area contributed by atoms with E-state index < -0.39 is 36.3 Å². The van der Waals surface area contributed by atoms with Crippen molar-refractivity contribution in [1.29, 1.82) is 5.26 Å². The number of carbonyl (C=O) groups is 2. The highest BCUT2D eigenvalue weighted by Crippen LogP contribution is 2.20. The van der Waals surface area contributed by atoms with Gasteiger partial charge in [0.2, 0.25) is 11.8 Å². The van der Waals surface area contributed by atoms with E-state index in [4.69, 9.17) is 5.26 Å². The fraction of sp³-hybridized carbons (Fsp3) is 0.357. The molecule has 0 aliphatic carbocycles. The topological polar surface area (TPSA) is 73.2 Å². The summed E-state index contributed by atoms with van der Waals surface area (Å²) in [6.45, 7) is -0.166. The van der Waals surface area contributed by atoms with Crippen molar-refractivity contribution in [3.8, 4) is 6.07 Å². The molecule has 1 aromatic carbocycles. The van der Waals surface area contributed by atoms with Gasteiger partial charge in [-0.15, -0.1) is 0 Å². The van der Waals surface area contributed by atoms with Gasteiger partial charge >= 0.3 is 0 Å². The van der Waals surface area contributed by atoms with Gasteiger partial charge in [-0.3, -0.25) is 9.59 Å². The first kappa shape index (κ1) is 14.9. The molecular weight excluding hydrogens is 280 g/mol.